The van der Waals surface area contributed by atoms with Crippen LogP contribution in [-0.2, 0) is 9.59 Å². The van der Waals surface area contributed by atoms with Crippen molar-refractivity contribution in [2.24, 2.45) is 5.73 Å². The molecule has 0 aliphatic rings. The van der Waals surface area contributed by atoms with E-state index in [4.69, 9.17) is 5.73 Å². The lowest BCUT2D eigenvalue weighted by Gasteiger charge is -2.11. The Morgan fingerprint density at radius 2 is 2.12 bits per heavy atom. The average Bonchev–Trinajstić information content (AvgIpc) is 2.95. The first-order chi connectivity index (χ1) is 11.3. The maximum absolute atomic E-state index is 13.7. The Labute approximate surface area is 158 Å². The zero-order valence-electron chi connectivity index (χ0n) is 12.3. The highest BCUT2D eigenvalue weighted by Crippen LogP contribution is 2.31. The summed E-state index contributed by atoms with van der Waals surface area (Å²) in [4.78, 5) is 22.9. The Morgan fingerprint density at radius 1 is 1.42 bits per heavy atom. The fraction of sp³-hybridized carbons (Fsp3) is 0.231. The average molecular weight is 451 g/mol. The Kier molecular flexibility index (Phi) is 7.02. The standard InChI is InChI=1S/C13H12BrFN4O2S3/c1-6(11(21)17-9-3-2-7(14)4-8(9)15)23-13-19-18-12(24-13)22-5-10(16)20/h2-4,6H,5H2,1H3,(H2,16,20)(H,17,21). The van der Waals surface area contributed by atoms with Crippen LogP contribution in [-0.4, -0.2) is 33.0 Å². The summed E-state index contributed by atoms with van der Waals surface area (Å²) < 4.78 is 15.5. The first-order valence-corrected chi connectivity index (χ1v) is 10.00. The quantitative estimate of drug-likeness (QED) is 0.628. The normalized spacial score (nSPS) is 12.0. The van der Waals surface area contributed by atoms with Crippen molar-refractivity contribution in [1.82, 2.24) is 10.2 Å². The zero-order valence-corrected chi connectivity index (χ0v) is 16.3. The van der Waals surface area contributed by atoms with E-state index in [0.29, 0.717) is 13.2 Å². The third kappa shape index (κ3) is 5.72. The monoisotopic (exact) mass is 450 g/mol. The van der Waals surface area contributed by atoms with Crippen LogP contribution in [0.1, 0.15) is 6.92 Å². The molecule has 0 saturated carbocycles. The third-order valence-electron chi connectivity index (χ3n) is 2.56. The number of nitrogens with two attached hydrogens (primary N) is 1. The van der Waals surface area contributed by atoms with Gasteiger partial charge in [0.15, 0.2) is 8.68 Å². The van der Waals surface area contributed by atoms with Gasteiger partial charge in [0.2, 0.25) is 11.8 Å². The number of primary amides is 1. The van der Waals surface area contributed by atoms with E-state index < -0.39 is 17.0 Å². The number of thioether (sulfide) groups is 2. The minimum atomic E-state index is -0.518. The molecule has 2 aromatic rings. The van der Waals surface area contributed by atoms with Crippen molar-refractivity contribution in [3.05, 3.63) is 28.5 Å². The second kappa shape index (κ2) is 8.79. The Balaban J connectivity index is 1.92. The van der Waals surface area contributed by atoms with Gasteiger partial charge in [-0.05, 0) is 25.1 Å². The van der Waals surface area contributed by atoms with Crippen molar-refractivity contribution in [3.63, 3.8) is 0 Å². The molecule has 1 unspecified atom stereocenters. The number of anilines is 1. The van der Waals surface area contributed by atoms with Crippen LogP contribution in [0.2, 0.25) is 0 Å². The topological polar surface area (TPSA) is 98.0 Å². The van der Waals surface area contributed by atoms with Crippen LogP contribution in [0.5, 0.6) is 0 Å². The molecule has 1 heterocycles. The van der Waals surface area contributed by atoms with E-state index in [0.717, 1.165) is 0 Å². The number of benzene rings is 1. The number of carbonyl (C=O) groups is 2. The van der Waals surface area contributed by atoms with E-state index >= 15 is 0 Å². The highest BCUT2D eigenvalue weighted by atomic mass is 79.9. The lowest BCUT2D eigenvalue weighted by Crippen LogP contribution is -2.22. The maximum Gasteiger partial charge on any atom is 0.237 e. The molecule has 6 nitrogen and oxygen atoms in total. The van der Waals surface area contributed by atoms with Crippen LogP contribution in [0, 0.1) is 5.82 Å². The first-order valence-electron chi connectivity index (χ1n) is 6.52. The maximum atomic E-state index is 13.7. The van der Waals surface area contributed by atoms with Gasteiger partial charge in [0, 0.05) is 4.47 Å². The number of carbonyl (C=O) groups excluding carboxylic acids is 2. The number of hydrogen-bond donors (Lipinski definition) is 2. The number of halogens is 2. The molecule has 1 aromatic heterocycles. The molecule has 11 heteroatoms. The molecule has 24 heavy (non-hydrogen) atoms. The van der Waals surface area contributed by atoms with Gasteiger partial charge in [0.1, 0.15) is 5.82 Å². The highest BCUT2D eigenvalue weighted by molar-refractivity contribution is 9.10. The van der Waals surface area contributed by atoms with E-state index in [2.05, 4.69) is 31.4 Å². The molecule has 3 N–H and O–H groups in total. The smallest absolute Gasteiger partial charge is 0.237 e. The number of nitrogens with one attached hydrogen (secondary N) is 1. The molecule has 1 aromatic carbocycles. The van der Waals surface area contributed by atoms with Crippen molar-refractivity contribution in [2.45, 2.75) is 20.9 Å². The molecule has 0 bridgehead atoms. The number of aromatic nitrogens is 2. The molecular weight excluding hydrogens is 439 g/mol. The van der Waals surface area contributed by atoms with Crippen molar-refractivity contribution >= 4 is 68.3 Å². The predicted molar refractivity (Wildman–Crippen MR) is 97.9 cm³/mol. The van der Waals surface area contributed by atoms with Crippen molar-refractivity contribution in [1.29, 1.82) is 0 Å². The number of rotatable bonds is 7. The van der Waals surface area contributed by atoms with Crippen LogP contribution >= 0.6 is 50.8 Å². The molecule has 0 saturated heterocycles. The molecule has 2 amide bonds. The molecule has 0 radical (unpaired) electrons. The third-order valence-corrected chi connectivity index (χ3v) is 6.32. The molecule has 1 atom stereocenters. The predicted octanol–water partition coefficient (Wildman–Crippen LogP) is 3.14. The fourth-order valence-electron chi connectivity index (χ4n) is 1.47. The fourth-order valence-corrected chi connectivity index (χ4v) is 4.70. The van der Waals surface area contributed by atoms with Crippen LogP contribution in [0.25, 0.3) is 0 Å². The minimum absolute atomic E-state index is 0.116. The molecule has 0 aliphatic carbocycles. The Hall–Kier alpha value is -1.17. The minimum Gasteiger partial charge on any atom is -0.369 e. The molecule has 128 valence electrons. The van der Waals surface area contributed by atoms with Crippen molar-refractivity contribution in [2.75, 3.05) is 11.1 Å². The van der Waals surface area contributed by atoms with Crippen LogP contribution in [0.4, 0.5) is 10.1 Å². The highest BCUT2D eigenvalue weighted by Gasteiger charge is 2.19. The summed E-state index contributed by atoms with van der Waals surface area (Å²) in [6.07, 6.45) is 0. The Morgan fingerprint density at radius 3 is 2.79 bits per heavy atom. The van der Waals surface area contributed by atoms with Gasteiger partial charge in [-0.1, -0.05) is 50.8 Å². The molecule has 0 aliphatic heterocycles. The van der Waals surface area contributed by atoms with E-state index in [1.807, 2.05) is 0 Å². The summed E-state index contributed by atoms with van der Waals surface area (Å²) in [5, 5.41) is 9.91. The van der Waals surface area contributed by atoms with E-state index in [9.17, 15) is 14.0 Å². The van der Waals surface area contributed by atoms with Crippen molar-refractivity contribution in [3.8, 4) is 0 Å². The molecule has 0 fully saturated rings. The zero-order chi connectivity index (χ0) is 17.7. The first kappa shape index (κ1) is 19.2. The van der Waals surface area contributed by atoms with Gasteiger partial charge in [-0.25, -0.2) is 4.39 Å². The summed E-state index contributed by atoms with van der Waals surface area (Å²) in [6, 6.07) is 4.40. The molecular formula is C13H12BrFN4O2S3. The lowest BCUT2D eigenvalue weighted by atomic mass is 10.3. The van der Waals surface area contributed by atoms with E-state index in [1.165, 1.54) is 47.0 Å². The lowest BCUT2D eigenvalue weighted by molar-refractivity contribution is -0.116. The van der Waals surface area contributed by atoms with Gasteiger partial charge in [0.25, 0.3) is 0 Å². The van der Waals surface area contributed by atoms with Gasteiger partial charge in [-0.15, -0.1) is 10.2 Å². The number of amides is 2. The second-order valence-electron chi connectivity index (χ2n) is 4.46. The van der Waals surface area contributed by atoms with Gasteiger partial charge < -0.3 is 11.1 Å². The number of hydrogen-bond acceptors (Lipinski definition) is 7. The van der Waals surface area contributed by atoms with E-state index in [1.54, 1.807) is 13.0 Å². The van der Waals surface area contributed by atoms with Gasteiger partial charge in [0.05, 0.1) is 16.7 Å². The summed E-state index contributed by atoms with van der Waals surface area (Å²) >= 11 is 6.83. The summed E-state index contributed by atoms with van der Waals surface area (Å²) in [5.41, 5.74) is 5.18. The van der Waals surface area contributed by atoms with Gasteiger partial charge >= 0.3 is 0 Å². The van der Waals surface area contributed by atoms with Crippen LogP contribution < -0.4 is 11.1 Å². The summed E-state index contributed by atoms with van der Waals surface area (Å²) in [7, 11) is 0. The largest absolute Gasteiger partial charge is 0.369 e. The van der Waals surface area contributed by atoms with E-state index in [-0.39, 0.29) is 17.3 Å². The van der Waals surface area contributed by atoms with Crippen molar-refractivity contribution < 1.29 is 14.0 Å². The van der Waals surface area contributed by atoms with Gasteiger partial charge in [-0.2, -0.15) is 0 Å². The summed E-state index contributed by atoms with van der Waals surface area (Å²) in [5.74, 6) is -1.18. The number of nitrogens with zero attached hydrogens (tertiary/aromatic N) is 2. The van der Waals surface area contributed by atoms with Crippen LogP contribution in [0.3, 0.4) is 0 Å². The SMILES string of the molecule is CC(Sc1nnc(SCC(N)=O)s1)C(=O)Nc1ccc(Br)cc1F. The Bertz CT molecular complexity index is 759. The molecule has 2 rings (SSSR count). The van der Waals surface area contributed by atoms with Gasteiger partial charge in [-0.3, -0.25) is 9.59 Å². The molecule has 0 spiro atoms. The second-order valence-corrected chi connectivity index (χ2v) is 9.17. The van der Waals surface area contributed by atoms with Crippen LogP contribution in [0.15, 0.2) is 31.4 Å². The summed E-state index contributed by atoms with van der Waals surface area (Å²) in [6.45, 7) is 1.69.